The molecule has 0 spiro atoms. The molecule has 0 fully saturated rings. The van der Waals surface area contributed by atoms with E-state index in [9.17, 15) is 0 Å². The lowest BCUT2D eigenvalue weighted by Gasteiger charge is -2.25. The van der Waals surface area contributed by atoms with Gasteiger partial charge in [-0.05, 0) is 123 Å². The van der Waals surface area contributed by atoms with E-state index in [-0.39, 0.29) is 0 Å². The average Bonchev–Trinajstić information content (AvgIpc) is 3.31. The van der Waals surface area contributed by atoms with Gasteiger partial charge < -0.3 is 5.73 Å². The van der Waals surface area contributed by atoms with E-state index in [2.05, 4.69) is 224 Å². The summed E-state index contributed by atoms with van der Waals surface area (Å²) in [7, 11) is 0. The zero-order valence-corrected chi connectivity index (χ0v) is 32.1. The highest BCUT2D eigenvalue weighted by Crippen LogP contribution is 2.51. The molecule has 0 aliphatic rings. The molecule has 0 aromatic heterocycles. The van der Waals surface area contributed by atoms with Crippen molar-refractivity contribution in [1.29, 1.82) is 0 Å². The van der Waals surface area contributed by atoms with E-state index in [0.29, 0.717) is 6.54 Å². The molecule has 0 bridgehead atoms. The van der Waals surface area contributed by atoms with Crippen LogP contribution in [0, 0.1) is 0 Å². The second-order valence-corrected chi connectivity index (χ2v) is 14.9. The van der Waals surface area contributed by atoms with E-state index in [4.69, 9.17) is 5.73 Å². The van der Waals surface area contributed by atoms with E-state index in [1.807, 2.05) is 0 Å². The number of fused-ring (bicyclic) bond motifs is 2. The smallest absolute Gasteiger partial charge is 0.0178 e. The first-order valence-corrected chi connectivity index (χ1v) is 20.0. The third-order valence-electron chi connectivity index (χ3n) is 11.4. The molecule has 1 heteroatoms. The molecule has 0 atom stereocenters. The fourth-order valence-electron chi connectivity index (χ4n) is 8.91. The van der Waals surface area contributed by atoms with Crippen molar-refractivity contribution in [3.05, 3.63) is 230 Å². The van der Waals surface area contributed by atoms with Crippen molar-refractivity contribution in [2.24, 2.45) is 5.73 Å². The largest absolute Gasteiger partial charge is 0.326 e. The topological polar surface area (TPSA) is 26.0 Å². The summed E-state index contributed by atoms with van der Waals surface area (Å²) in [5, 5.41) is 4.91. The summed E-state index contributed by atoms with van der Waals surface area (Å²) < 4.78 is 0. The molecule has 0 aliphatic carbocycles. The predicted octanol–water partition coefficient (Wildman–Crippen LogP) is 15.1. The van der Waals surface area contributed by atoms with Crippen LogP contribution in [0.5, 0.6) is 0 Å². The van der Waals surface area contributed by atoms with Crippen molar-refractivity contribution < 1.29 is 0 Å². The predicted molar refractivity (Wildman–Crippen MR) is 247 cm³/mol. The molecule has 0 saturated heterocycles. The second kappa shape index (κ2) is 15.3. The Bertz CT molecular complexity index is 3000. The van der Waals surface area contributed by atoms with Gasteiger partial charge in [0.2, 0.25) is 0 Å². The van der Waals surface area contributed by atoms with Gasteiger partial charge in [-0.2, -0.15) is 0 Å². The van der Waals surface area contributed by atoms with Crippen LogP contribution in [-0.4, -0.2) is 0 Å². The number of rotatable bonds is 8. The molecular formula is C57H41N. The third-order valence-corrected chi connectivity index (χ3v) is 11.4. The Hall–Kier alpha value is -7.32. The van der Waals surface area contributed by atoms with Crippen LogP contribution in [0.15, 0.2) is 224 Å². The third kappa shape index (κ3) is 6.29. The zero-order valence-electron chi connectivity index (χ0n) is 32.1. The van der Waals surface area contributed by atoms with E-state index in [0.717, 1.165) is 5.56 Å². The minimum atomic E-state index is 0.504. The SMILES string of the molecule is NCc1cccc(-c2c3ccccc3c(-c3cccc(-c4cc(-c5ccccc5)c(-c5ccccc5)c(-c5ccccc5)c4-c4ccccc4)c3)c3ccccc23)c1. The van der Waals surface area contributed by atoms with Crippen molar-refractivity contribution >= 4 is 21.5 Å². The van der Waals surface area contributed by atoms with E-state index in [1.165, 1.54) is 99.4 Å². The molecule has 2 N–H and O–H groups in total. The first-order valence-electron chi connectivity index (χ1n) is 20.0. The highest BCUT2D eigenvalue weighted by atomic mass is 14.5. The molecule has 0 aliphatic heterocycles. The Morgan fingerprint density at radius 3 is 1.05 bits per heavy atom. The molecule has 274 valence electrons. The highest BCUT2D eigenvalue weighted by molar-refractivity contribution is 6.21. The Morgan fingerprint density at radius 1 is 0.241 bits per heavy atom. The van der Waals surface area contributed by atoms with Crippen molar-refractivity contribution in [1.82, 2.24) is 0 Å². The molecule has 10 rings (SSSR count). The van der Waals surface area contributed by atoms with Gasteiger partial charge in [0.05, 0.1) is 0 Å². The normalized spacial score (nSPS) is 11.3. The summed E-state index contributed by atoms with van der Waals surface area (Å²) in [5.74, 6) is 0. The Balaban J connectivity index is 1.30. The number of benzene rings is 10. The van der Waals surface area contributed by atoms with Crippen molar-refractivity contribution in [2.75, 3.05) is 0 Å². The maximum Gasteiger partial charge on any atom is 0.0178 e. The van der Waals surface area contributed by atoms with E-state index >= 15 is 0 Å². The van der Waals surface area contributed by atoms with Crippen molar-refractivity contribution in [2.45, 2.75) is 6.54 Å². The van der Waals surface area contributed by atoms with Crippen LogP contribution >= 0.6 is 0 Å². The van der Waals surface area contributed by atoms with Crippen LogP contribution in [0.4, 0.5) is 0 Å². The van der Waals surface area contributed by atoms with Crippen LogP contribution in [-0.2, 0) is 6.54 Å². The van der Waals surface area contributed by atoms with E-state index in [1.54, 1.807) is 0 Å². The summed E-state index contributed by atoms with van der Waals surface area (Å²) in [6.45, 7) is 0.504. The van der Waals surface area contributed by atoms with E-state index < -0.39 is 0 Å². The first-order chi connectivity index (χ1) is 28.8. The first kappa shape index (κ1) is 35.1. The van der Waals surface area contributed by atoms with Crippen LogP contribution in [0.25, 0.3) is 99.4 Å². The number of nitrogens with two attached hydrogens (primary N) is 1. The quantitative estimate of drug-likeness (QED) is 0.154. The van der Waals surface area contributed by atoms with Gasteiger partial charge in [-0.3, -0.25) is 0 Å². The van der Waals surface area contributed by atoms with Gasteiger partial charge in [0.15, 0.2) is 0 Å². The van der Waals surface area contributed by atoms with Crippen LogP contribution in [0.3, 0.4) is 0 Å². The van der Waals surface area contributed by atoms with Crippen LogP contribution in [0.2, 0.25) is 0 Å². The molecule has 0 unspecified atom stereocenters. The van der Waals surface area contributed by atoms with Gasteiger partial charge in [0, 0.05) is 6.54 Å². The molecule has 1 nitrogen and oxygen atoms in total. The maximum absolute atomic E-state index is 6.15. The summed E-state index contributed by atoms with van der Waals surface area (Å²) in [5.41, 5.74) is 24.1. The Morgan fingerprint density at radius 2 is 0.586 bits per heavy atom. The molecule has 0 amide bonds. The monoisotopic (exact) mass is 739 g/mol. The summed E-state index contributed by atoms with van der Waals surface area (Å²) in [6.07, 6.45) is 0. The minimum Gasteiger partial charge on any atom is -0.326 e. The fourth-order valence-corrected chi connectivity index (χ4v) is 8.91. The fraction of sp³-hybridized carbons (Fsp3) is 0.0175. The molecular weight excluding hydrogens is 699 g/mol. The number of hydrogen-bond donors (Lipinski definition) is 1. The van der Waals surface area contributed by atoms with Gasteiger partial charge in [-0.1, -0.05) is 206 Å². The lowest BCUT2D eigenvalue weighted by Crippen LogP contribution is -1.98. The summed E-state index contributed by atoms with van der Waals surface area (Å²) in [6, 6.07) is 81.7. The summed E-state index contributed by atoms with van der Waals surface area (Å²) >= 11 is 0. The lowest BCUT2D eigenvalue weighted by atomic mass is 9.78. The molecule has 10 aromatic rings. The van der Waals surface area contributed by atoms with Crippen LogP contribution in [0.1, 0.15) is 5.56 Å². The average molecular weight is 740 g/mol. The van der Waals surface area contributed by atoms with Crippen LogP contribution < -0.4 is 5.73 Å². The van der Waals surface area contributed by atoms with Gasteiger partial charge in [0.25, 0.3) is 0 Å². The van der Waals surface area contributed by atoms with Crippen molar-refractivity contribution in [3.8, 4) is 77.9 Å². The van der Waals surface area contributed by atoms with Gasteiger partial charge in [-0.25, -0.2) is 0 Å². The summed E-state index contributed by atoms with van der Waals surface area (Å²) in [4.78, 5) is 0. The van der Waals surface area contributed by atoms with Gasteiger partial charge in [-0.15, -0.1) is 0 Å². The maximum atomic E-state index is 6.15. The minimum absolute atomic E-state index is 0.504. The highest BCUT2D eigenvalue weighted by Gasteiger charge is 2.24. The zero-order chi connectivity index (χ0) is 38.8. The van der Waals surface area contributed by atoms with Crippen molar-refractivity contribution in [3.63, 3.8) is 0 Å². The Kier molecular flexibility index (Phi) is 9.27. The molecule has 58 heavy (non-hydrogen) atoms. The second-order valence-electron chi connectivity index (χ2n) is 14.9. The molecule has 0 heterocycles. The number of hydrogen-bond acceptors (Lipinski definition) is 1. The van der Waals surface area contributed by atoms with Gasteiger partial charge >= 0.3 is 0 Å². The van der Waals surface area contributed by atoms with Gasteiger partial charge in [0.1, 0.15) is 0 Å². The Labute approximate surface area is 340 Å². The molecule has 0 saturated carbocycles. The molecule has 10 aromatic carbocycles. The molecule has 0 radical (unpaired) electrons. The standard InChI is InChI=1S/C57H41N/c58-38-39-19-17-29-45(35-39)53-47-31-13-15-33-49(47)54(50-34-16-14-32-48(50)53)46-30-18-28-44(36-46)52-37-51(40-20-5-1-6-21-40)55(41-22-7-2-8-23-41)57(43-26-11-4-12-27-43)56(52)42-24-9-3-10-25-42/h1-37H,38,58H2. The lowest BCUT2D eigenvalue weighted by molar-refractivity contribution is 1.07.